The predicted molar refractivity (Wildman–Crippen MR) is 68.7 cm³/mol. The van der Waals surface area contributed by atoms with Crippen LogP contribution in [-0.4, -0.2) is 15.6 Å². The van der Waals surface area contributed by atoms with E-state index in [2.05, 4.69) is 34.9 Å². The van der Waals surface area contributed by atoms with Gasteiger partial charge in [-0.15, -0.1) is 0 Å². The Morgan fingerprint density at radius 2 is 2.12 bits per heavy atom. The second-order valence-corrected chi connectivity index (χ2v) is 4.80. The van der Waals surface area contributed by atoms with E-state index in [0.29, 0.717) is 6.42 Å². The molecule has 1 aromatic rings. The van der Waals surface area contributed by atoms with Gasteiger partial charge in [-0.2, -0.15) is 5.10 Å². The predicted octanol–water partition coefficient (Wildman–Crippen LogP) is 3.82. The van der Waals surface area contributed by atoms with Crippen LogP contribution in [-0.2, 0) is 6.54 Å². The number of rotatable bonds is 7. The molecule has 4 heteroatoms. The van der Waals surface area contributed by atoms with E-state index in [1.54, 1.807) is 10.9 Å². The Morgan fingerprint density at radius 1 is 1.38 bits per heavy atom. The van der Waals surface area contributed by atoms with Crippen molar-refractivity contribution in [3.63, 3.8) is 0 Å². The summed E-state index contributed by atoms with van der Waals surface area (Å²) in [6.07, 6.45) is 6.56. The van der Waals surface area contributed by atoms with Crippen LogP contribution < -0.4 is 0 Å². The summed E-state index contributed by atoms with van der Waals surface area (Å²) in [5.74, 6) is 0.200. The second kappa shape index (κ2) is 6.84. The third kappa shape index (κ3) is 3.44. The van der Waals surface area contributed by atoms with E-state index in [9.17, 15) is 4.79 Å². The fourth-order valence-corrected chi connectivity index (χ4v) is 2.19. The van der Waals surface area contributed by atoms with Crippen LogP contribution in [0.15, 0.2) is 10.7 Å². The van der Waals surface area contributed by atoms with Crippen LogP contribution >= 0.6 is 15.9 Å². The number of ketones is 1. The Morgan fingerprint density at radius 3 is 2.75 bits per heavy atom. The number of halogens is 1. The van der Waals surface area contributed by atoms with Crippen molar-refractivity contribution >= 4 is 21.7 Å². The molecule has 0 spiro atoms. The summed E-state index contributed by atoms with van der Waals surface area (Å²) in [6.45, 7) is 5.03. The SMILES string of the molecule is CCCCCC(=O)c1c(Br)cnn1CCC. The zero-order valence-corrected chi connectivity index (χ0v) is 11.6. The molecular weight excluding hydrogens is 268 g/mol. The zero-order valence-electron chi connectivity index (χ0n) is 10.0. The second-order valence-electron chi connectivity index (χ2n) is 3.94. The van der Waals surface area contributed by atoms with E-state index in [1.165, 1.54) is 0 Å². The van der Waals surface area contributed by atoms with Gasteiger partial charge in [0.15, 0.2) is 5.78 Å². The average Bonchev–Trinajstić information content (AvgIpc) is 2.61. The number of hydrogen-bond acceptors (Lipinski definition) is 2. The maximum Gasteiger partial charge on any atom is 0.182 e. The van der Waals surface area contributed by atoms with E-state index in [-0.39, 0.29) is 5.78 Å². The number of aryl methyl sites for hydroxylation is 1. The molecule has 0 radical (unpaired) electrons. The highest BCUT2D eigenvalue weighted by molar-refractivity contribution is 9.10. The third-order valence-corrected chi connectivity index (χ3v) is 3.08. The number of carbonyl (C=O) groups excluding carboxylic acids is 1. The van der Waals surface area contributed by atoms with Crippen LogP contribution in [0.25, 0.3) is 0 Å². The van der Waals surface area contributed by atoms with E-state index in [1.807, 2.05) is 0 Å². The third-order valence-electron chi connectivity index (χ3n) is 2.50. The highest BCUT2D eigenvalue weighted by Crippen LogP contribution is 2.19. The molecule has 0 amide bonds. The standard InChI is InChI=1S/C12H19BrN2O/c1-3-5-6-7-11(16)12-10(13)9-14-15(12)8-4-2/h9H,3-8H2,1-2H3. The molecule has 0 aliphatic heterocycles. The highest BCUT2D eigenvalue weighted by atomic mass is 79.9. The maximum absolute atomic E-state index is 12.0. The molecule has 0 aromatic carbocycles. The summed E-state index contributed by atoms with van der Waals surface area (Å²) in [5, 5.41) is 4.20. The van der Waals surface area contributed by atoms with Gasteiger partial charge in [-0.05, 0) is 28.8 Å². The number of unbranched alkanes of at least 4 members (excludes halogenated alkanes) is 2. The van der Waals surface area contributed by atoms with E-state index in [4.69, 9.17) is 0 Å². The normalized spacial score (nSPS) is 10.7. The van der Waals surface area contributed by atoms with Crippen LogP contribution in [0.5, 0.6) is 0 Å². The van der Waals surface area contributed by atoms with Gasteiger partial charge in [0.2, 0.25) is 0 Å². The Hall–Kier alpha value is -0.640. The van der Waals surface area contributed by atoms with Crippen molar-refractivity contribution < 1.29 is 4.79 Å². The number of nitrogens with zero attached hydrogens (tertiary/aromatic N) is 2. The summed E-state index contributed by atoms with van der Waals surface area (Å²) >= 11 is 3.39. The van der Waals surface area contributed by atoms with Crippen LogP contribution in [0.4, 0.5) is 0 Å². The molecule has 1 heterocycles. The van der Waals surface area contributed by atoms with Crippen LogP contribution in [0, 0.1) is 0 Å². The lowest BCUT2D eigenvalue weighted by atomic mass is 10.1. The highest BCUT2D eigenvalue weighted by Gasteiger charge is 2.15. The van der Waals surface area contributed by atoms with Crippen molar-refractivity contribution in [1.29, 1.82) is 0 Å². The molecule has 0 N–H and O–H groups in total. The van der Waals surface area contributed by atoms with Gasteiger partial charge in [-0.3, -0.25) is 9.48 Å². The lowest BCUT2D eigenvalue weighted by molar-refractivity contribution is 0.0968. The minimum atomic E-state index is 0.200. The van der Waals surface area contributed by atoms with Gasteiger partial charge in [-0.1, -0.05) is 26.7 Å². The maximum atomic E-state index is 12.0. The summed E-state index contributed by atoms with van der Waals surface area (Å²) in [7, 11) is 0. The molecule has 0 bridgehead atoms. The van der Waals surface area contributed by atoms with E-state index < -0.39 is 0 Å². The van der Waals surface area contributed by atoms with Crippen molar-refractivity contribution in [3.8, 4) is 0 Å². The topological polar surface area (TPSA) is 34.9 Å². The van der Waals surface area contributed by atoms with Crippen LogP contribution in [0.3, 0.4) is 0 Å². The molecular formula is C12H19BrN2O. The smallest absolute Gasteiger partial charge is 0.182 e. The number of hydrogen-bond donors (Lipinski definition) is 0. The summed E-state index contributed by atoms with van der Waals surface area (Å²) in [6, 6.07) is 0. The number of carbonyl (C=O) groups is 1. The Labute approximate surface area is 105 Å². The molecule has 0 atom stereocenters. The minimum Gasteiger partial charge on any atom is -0.292 e. The minimum absolute atomic E-state index is 0.200. The molecule has 16 heavy (non-hydrogen) atoms. The Kier molecular flexibility index (Phi) is 5.74. The first-order chi connectivity index (χ1) is 7.70. The number of Topliss-reactive ketones (excluding diaryl/α,β-unsaturated/α-hetero) is 1. The van der Waals surface area contributed by atoms with Crippen molar-refractivity contribution in [2.24, 2.45) is 0 Å². The zero-order chi connectivity index (χ0) is 12.0. The first kappa shape index (κ1) is 13.4. The number of aromatic nitrogens is 2. The molecule has 0 aliphatic rings. The summed E-state index contributed by atoms with van der Waals surface area (Å²) in [5.41, 5.74) is 0.734. The van der Waals surface area contributed by atoms with Gasteiger partial charge in [0.25, 0.3) is 0 Å². The van der Waals surface area contributed by atoms with Crippen molar-refractivity contribution in [3.05, 3.63) is 16.4 Å². The van der Waals surface area contributed by atoms with Gasteiger partial charge in [-0.25, -0.2) is 0 Å². The van der Waals surface area contributed by atoms with Gasteiger partial charge >= 0.3 is 0 Å². The van der Waals surface area contributed by atoms with Crippen LogP contribution in [0.1, 0.15) is 56.4 Å². The Bertz CT molecular complexity index is 347. The van der Waals surface area contributed by atoms with Crippen molar-refractivity contribution in [2.45, 2.75) is 52.5 Å². The largest absolute Gasteiger partial charge is 0.292 e. The summed E-state index contributed by atoms with van der Waals surface area (Å²) in [4.78, 5) is 12.0. The van der Waals surface area contributed by atoms with E-state index >= 15 is 0 Å². The van der Waals surface area contributed by atoms with E-state index in [0.717, 1.165) is 42.4 Å². The van der Waals surface area contributed by atoms with Gasteiger partial charge < -0.3 is 0 Å². The summed E-state index contributed by atoms with van der Waals surface area (Å²) < 4.78 is 2.63. The molecule has 90 valence electrons. The molecule has 3 nitrogen and oxygen atoms in total. The Balaban J connectivity index is 2.69. The lowest BCUT2D eigenvalue weighted by Crippen LogP contribution is -2.11. The first-order valence-electron chi connectivity index (χ1n) is 5.95. The lowest BCUT2D eigenvalue weighted by Gasteiger charge is -2.05. The quantitative estimate of drug-likeness (QED) is 0.564. The van der Waals surface area contributed by atoms with Crippen molar-refractivity contribution in [1.82, 2.24) is 9.78 Å². The molecule has 0 saturated heterocycles. The molecule has 0 fully saturated rings. The fourth-order valence-electron chi connectivity index (χ4n) is 1.67. The molecule has 1 aromatic heterocycles. The molecule has 0 saturated carbocycles. The van der Waals surface area contributed by atoms with Gasteiger partial charge in [0, 0.05) is 13.0 Å². The fraction of sp³-hybridized carbons (Fsp3) is 0.667. The molecule has 1 rings (SSSR count). The van der Waals surface area contributed by atoms with Gasteiger partial charge in [0.1, 0.15) is 5.69 Å². The van der Waals surface area contributed by atoms with Gasteiger partial charge in [0.05, 0.1) is 10.7 Å². The van der Waals surface area contributed by atoms with Crippen LogP contribution in [0.2, 0.25) is 0 Å². The first-order valence-corrected chi connectivity index (χ1v) is 6.74. The average molecular weight is 287 g/mol. The molecule has 0 aliphatic carbocycles. The monoisotopic (exact) mass is 286 g/mol. The molecule has 0 unspecified atom stereocenters. The van der Waals surface area contributed by atoms with Crippen molar-refractivity contribution in [2.75, 3.05) is 0 Å².